The molecule has 12 rings (SSSR count). The molecule has 0 atom stereocenters. The van der Waals surface area contributed by atoms with Crippen LogP contribution in [0.4, 0.5) is 0 Å². The summed E-state index contributed by atoms with van der Waals surface area (Å²) in [5, 5.41) is 14.8. The molecule has 0 aliphatic carbocycles. The summed E-state index contributed by atoms with van der Waals surface area (Å²) in [7, 11) is 0. The number of benzene rings is 11. The molecule has 254 valence electrons. The minimum atomic E-state index is 0.925. The van der Waals surface area contributed by atoms with Gasteiger partial charge in [-0.1, -0.05) is 164 Å². The maximum Gasteiger partial charge on any atom is 0.143 e. The maximum atomic E-state index is 6.70. The van der Waals surface area contributed by atoms with Crippen LogP contribution in [0.2, 0.25) is 0 Å². The van der Waals surface area contributed by atoms with Crippen LogP contribution in [0.25, 0.3) is 120 Å². The first-order valence-corrected chi connectivity index (χ1v) is 19.0. The maximum absolute atomic E-state index is 6.70. The molecular formula is C54H32O. The van der Waals surface area contributed by atoms with Gasteiger partial charge in [-0.2, -0.15) is 0 Å². The third kappa shape index (κ3) is 4.41. The van der Waals surface area contributed by atoms with E-state index in [1.54, 1.807) is 0 Å². The van der Waals surface area contributed by atoms with Crippen LogP contribution < -0.4 is 0 Å². The first kappa shape index (κ1) is 30.3. The molecule has 0 aliphatic heterocycles. The van der Waals surface area contributed by atoms with E-state index in [0.29, 0.717) is 0 Å². The van der Waals surface area contributed by atoms with Gasteiger partial charge in [-0.05, 0) is 118 Å². The van der Waals surface area contributed by atoms with E-state index in [1.165, 1.54) is 98.4 Å². The summed E-state index contributed by atoms with van der Waals surface area (Å²) in [6.45, 7) is 0. The van der Waals surface area contributed by atoms with E-state index < -0.39 is 0 Å². The van der Waals surface area contributed by atoms with E-state index in [1.807, 2.05) is 0 Å². The summed E-state index contributed by atoms with van der Waals surface area (Å²) in [5.41, 5.74) is 11.7. The lowest BCUT2D eigenvalue weighted by atomic mass is 9.82. The number of fused-ring (bicyclic) bond motifs is 7. The van der Waals surface area contributed by atoms with Gasteiger partial charge in [0.15, 0.2) is 0 Å². The van der Waals surface area contributed by atoms with Gasteiger partial charge in [0.25, 0.3) is 0 Å². The summed E-state index contributed by atoms with van der Waals surface area (Å²) in [6, 6.07) is 71.0. The molecule has 1 aromatic heterocycles. The van der Waals surface area contributed by atoms with Crippen LogP contribution in [-0.2, 0) is 0 Å². The molecule has 0 fully saturated rings. The second-order valence-electron chi connectivity index (χ2n) is 14.7. The van der Waals surface area contributed by atoms with Crippen molar-refractivity contribution in [2.24, 2.45) is 0 Å². The van der Waals surface area contributed by atoms with Crippen molar-refractivity contribution in [2.45, 2.75) is 0 Å². The Morgan fingerprint density at radius 2 is 0.764 bits per heavy atom. The molecule has 0 unspecified atom stereocenters. The van der Waals surface area contributed by atoms with Crippen molar-refractivity contribution in [2.75, 3.05) is 0 Å². The predicted octanol–water partition coefficient (Wildman–Crippen LogP) is 15.5. The zero-order chi connectivity index (χ0) is 36.0. The van der Waals surface area contributed by atoms with Gasteiger partial charge in [0.1, 0.15) is 11.2 Å². The monoisotopic (exact) mass is 696 g/mol. The Bertz CT molecular complexity index is 3350. The van der Waals surface area contributed by atoms with Gasteiger partial charge >= 0.3 is 0 Å². The molecule has 0 aliphatic rings. The van der Waals surface area contributed by atoms with E-state index in [0.717, 1.165) is 21.9 Å². The highest BCUT2D eigenvalue weighted by Crippen LogP contribution is 2.51. The molecule has 11 aromatic carbocycles. The van der Waals surface area contributed by atoms with E-state index in [4.69, 9.17) is 4.42 Å². The molecule has 0 bridgehead atoms. The number of hydrogen-bond donors (Lipinski definition) is 0. The lowest BCUT2D eigenvalue weighted by molar-refractivity contribution is 0.673. The van der Waals surface area contributed by atoms with E-state index in [-0.39, 0.29) is 0 Å². The largest absolute Gasteiger partial charge is 0.455 e. The van der Waals surface area contributed by atoms with Crippen molar-refractivity contribution >= 4 is 75.8 Å². The third-order valence-electron chi connectivity index (χ3n) is 11.7. The van der Waals surface area contributed by atoms with Crippen LogP contribution >= 0.6 is 0 Å². The Morgan fingerprint density at radius 1 is 0.273 bits per heavy atom. The van der Waals surface area contributed by atoms with Gasteiger partial charge in [0, 0.05) is 21.5 Å². The predicted molar refractivity (Wildman–Crippen MR) is 234 cm³/mol. The Balaban J connectivity index is 1.21. The molecule has 1 heteroatoms. The third-order valence-corrected chi connectivity index (χ3v) is 11.7. The quantitative estimate of drug-likeness (QED) is 0.132. The van der Waals surface area contributed by atoms with Crippen molar-refractivity contribution in [3.05, 3.63) is 194 Å². The summed E-state index contributed by atoms with van der Waals surface area (Å²) in [5.74, 6) is 0. The first-order valence-electron chi connectivity index (χ1n) is 19.0. The number of furan rings is 1. The average Bonchev–Trinajstić information content (AvgIpc) is 3.66. The molecule has 55 heavy (non-hydrogen) atoms. The van der Waals surface area contributed by atoms with Crippen molar-refractivity contribution in [1.82, 2.24) is 0 Å². The Kier molecular flexibility index (Phi) is 6.40. The second kappa shape index (κ2) is 11.6. The van der Waals surface area contributed by atoms with Crippen LogP contribution in [0.3, 0.4) is 0 Å². The lowest BCUT2D eigenvalue weighted by Gasteiger charge is -2.21. The summed E-state index contributed by atoms with van der Waals surface area (Å²) >= 11 is 0. The fraction of sp³-hybridized carbons (Fsp3) is 0. The first-order chi connectivity index (χ1) is 27.3. The zero-order valence-corrected chi connectivity index (χ0v) is 29.9. The molecule has 1 nitrogen and oxygen atoms in total. The van der Waals surface area contributed by atoms with Crippen molar-refractivity contribution < 1.29 is 4.42 Å². The van der Waals surface area contributed by atoms with Gasteiger partial charge in [-0.3, -0.25) is 0 Å². The summed E-state index contributed by atoms with van der Waals surface area (Å²) in [6.07, 6.45) is 0. The molecule has 0 N–H and O–H groups in total. The molecule has 0 spiro atoms. The Hall–Kier alpha value is -7.22. The van der Waals surface area contributed by atoms with E-state index in [9.17, 15) is 0 Å². The highest BCUT2D eigenvalue weighted by Gasteiger charge is 2.23. The minimum absolute atomic E-state index is 0.925. The number of hydrogen-bond acceptors (Lipinski definition) is 1. The normalized spacial score (nSPS) is 12.0. The average molecular weight is 697 g/mol. The molecular weight excluding hydrogens is 665 g/mol. The molecule has 1 heterocycles. The Labute approximate surface area is 317 Å². The minimum Gasteiger partial charge on any atom is -0.455 e. The topological polar surface area (TPSA) is 13.1 Å². The Morgan fingerprint density at radius 3 is 1.42 bits per heavy atom. The van der Waals surface area contributed by atoms with Crippen LogP contribution in [0.5, 0.6) is 0 Å². The van der Waals surface area contributed by atoms with Gasteiger partial charge in [0.2, 0.25) is 0 Å². The standard InChI is InChI=1S/C54H32O/c1-3-15-33(16-4-1)36-29-37(34-17-5-2-6-18-34)31-38(30-36)49-39-20-7-9-22-41(39)51(42-23-10-8-21-40(42)49)47-32-35-19-13-26-45-50(35)52-43(47)25-14-27-46(52)54-53(45)44-24-11-12-28-48(44)55-54/h1-32H. The van der Waals surface area contributed by atoms with Crippen LogP contribution in [0.1, 0.15) is 0 Å². The molecule has 12 aromatic rings. The molecule has 0 saturated carbocycles. The van der Waals surface area contributed by atoms with Gasteiger partial charge in [-0.25, -0.2) is 0 Å². The van der Waals surface area contributed by atoms with Crippen LogP contribution in [0, 0.1) is 0 Å². The summed E-state index contributed by atoms with van der Waals surface area (Å²) < 4.78 is 6.70. The fourth-order valence-electron chi connectivity index (χ4n) is 9.45. The molecule has 0 amide bonds. The van der Waals surface area contributed by atoms with Crippen molar-refractivity contribution in [1.29, 1.82) is 0 Å². The molecule has 0 radical (unpaired) electrons. The number of rotatable bonds is 4. The molecule has 0 saturated heterocycles. The van der Waals surface area contributed by atoms with E-state index >= 15 is 0 Å². The highest BCUT2D eigenvalue weighted by molar-refractivity contribution is 6.39. The van der Waals surface area contributed by atoms with Gasteiger partial charge < -0.3 is 4.42 Å². The highest BCUT2D eigenvalue weighted by atomic mass is 16.3. The van der Waals surface area contributed by atoms with E-state index in [2.05, 4.69) is 194 Å². The fourth-order valence-corrected chi connectivity index (χ4v) is 9.45. The SMILES string of the molecule is c1ccc(-c2cc(-c3ccccc3)cc(-c3c4ccccc4c(-c4cc5cccc6c7c8ccccc8oc7c7cccc4c7c56)c4ccccc34)c2)cc1. The smallest absolute Gasteiger partial charge is 0.143 e. The van der Waals surface area contributed by atoms with Gasteiger partial charge in [-0.15, -0.1) is 0 Å². The number of para-hydroxylation sites is 1. The van der Waals surface area contributed by atoms with Gasteiger partial charge in [0.05, 0.1) is 0 Å². The second-order valence-corrected chi connectivity index (χ2v) is 14.7. The van der Waals surface area contributed by atoms with Crippen molar-refractivity contribution in [3.63, 3.8) is 0 Å². The summed E-state index contributed by atoms with van der Waals surface area (Å²) in [4.78, 5) is 0. The van der Waals surface area contributed by atoms with Crippen LogP contribution in [0.15, 0.2) is 199 Å². The van der Waals surface area contributed by atoms with Crippen LogP contribution in [-0.4, -0.2) is 0 Å². The lowest BCUT2D eigenvalue weighted by Crippen LogP contribution is -1.94. The van der Waals surface area contributed by atoms with Crippen molar-refractivity contribution in [3.8, 4) is 44.5 Å². The zero-order valence-electron chi connectivity index (χ0n) is 29.9.